The first-order valence-corrected chi connectivity index (χ1v) is 9.21. The second kappa shape index (κ2) is 6.26. The molecule has 2 aliphatic rings. The van der Waals surface area contributed by atoms with E-state index < -0.39 is 0 Å². The van der Waals surface area contributed by atoms with E-state index in [4.69, 9.17) is 0 Å². The molecule has 2 saturated heterocycles. The van der Waals surface area contributed by atoms with E-state index in [1.54, 1.807) is 12.5 Å². The highest BCUT2D eigenvalue weighted by atomic mass is 16.2. The molecule has 2 unspecified atom stereocenters. The number of fused-ring (bicyclic) bond motifs is 2. The maximum Gasteiger partial charge on any atom is 0.274 e. The number of nitrogens with zero attached hydrogens (tertiary/aromatic N) is 6. The third-order valence-electron chi connectivity index (χ3n) is 5.61. The summed E-state index contributed by atoms with van der Waals surface area (Å²) in [4.78, 5) is 34.6. The molecule has 2 aliphatic heterocycles. The van der Waals surface area contributed by atoms with Gasteiger partial charge in [0.1, 0.15) is 17.8 Å². The summed E-state index contributed by atoms with van der Waals surface area (Å²) in [7, 11) is 0. The highest BCUT2D eigenvalue weighted by Crippen LogP contribution is 2.34. The molecule has 0 N–H and O–H groups in total. The van der Waals surface area contributed by atoms with Gasteiger partial charge in [0.05, 0.1) is 17.2 Å². The van der Waals surface area contributed by atoms with Crippen molar-refractivity contribution < 1.29 is 4.79 Å². The summed E-state index contributed by atoms with van der Waals surface area (Å²) >= 11 is 0. The largest absolute Gasteiger partial charge is 0.356 e. The minimum atomic E-state index is -0.0209. The van der Waals surface area contributed by atoms with Crippen molar-refractivity contribution in [3.63, 3.8) is 0 Å². The zero-order valence-corrected chi connectivity index (χ0v) is 15.1. The van der Waals surface area contributed by atoms with Gasteiger partial charge < -0.3 is 9.80 Å². The lowest BCUT2D eigenvalue weighted by atomic mass is 10.0. The molecule has 4 heterocycles. The van der Waals surface area contributed by atoms with Gasteiger partial charge in [-0.3, -0.25) is 9.78 Å². The van der Waals surface area contributed by atoms with Gasteiger partial charge in [0.15, 0.2) is 0 Å². The molecule has 0 saturated carbocycles. The Kier molecular flexibility index (Phi) is 3.74. The third-order valence-corrected chi connectivity index (χ3v) is 5.61. The molecule has 7 nitrogen and oxygen atoms in total. The molecule has 136 valence electrons. The monoisotopic (exact) mass is 360 g/mol. The molecule has 0 spiro atoms. The summed E-state index contributed by atoms with van der Waals surface area (Å²) in [5.74, 6) is 1.93. The number of hydrogen-bond acceptors (Lipinski definition) is 6. The Morgan fingerprint density at radius 2 is 1.74 bits per heavy atom. The molecule has 7 heteroatoms. The maximum absolute atomic E-state index is 12.9. The van der Waals surface area contributed by atoms with Gasteiger partial charge in [0, 0.05) is 49.8 Å². The number of benzene rings is 1. The number of rotatable bonds is 2. The zero-order valence-electron chi connectivity index (χ0n) is 15.1. The fourth-order valence-corrected chi connectivity index (χ4v) is 4.28. The topological polar surface area (TPSA) is 75.1 Å². The third kappa shape index (κ3) is 2.79. The number of aromatic nitrogens is 4. The summed E-state index contributed by atoms with van der Waals surface area (Å²) in [6, 6.07) is 7.63. The summed E-state index contributed by atoms with van der Waals surface area (Å²) < 4.78 is 0. The van der Waals surface area contributed by atoms with E-state index in [1.807, 2.05) is 42.3 Å². The fraction of sp³-hybridized carbons (Fsp3) is 0.350. The van der Waals surface area contributed by atoms with Crippen molar-refractivity contribution in [3.05, 3.63) is 54.2 Å². The Labute approximate surface area is 157 Å². The van der Waals surface area contributed by atoms with Crippen molar-refractivity contribution >= 4 is 22.8 Å². The molecule has 1 aromatic carbocycles. The number of para-hydroxylation sites is 2. The van der Waals surface area contributed by atoms with Crippen molar-refractivity contribution in [1.29, 1.82) is 0 Å². The van der Waals surface area contributed by atoms with Crippen LogP contribution in [0.3, 0.4) is 0 Å². The number of hydrogen-bond donors (Lipinski definition) is 0. The van der Waals surface area contributed by atoms with Crippen LogP contribution in [0.1, 0.15) is 16.1 Å². The first-order valence-electron chi connectivity index (χ1n) is 9.21. The van der Waals surface area contributed by atoms with E-state index in [2.05, 4.69) is 24.8 Å². The quantitative estimate of drug-likeness (QED) is 0.695. The SMILES string of the molecule is Cc1cncnc1N1CC2CN(C(=O)c3cnc4ccccc4n3)CC2C1. The molecular weight excluding hydrogens is 340 g/mol. The van der Waals surface area contributed by atoms with Crippen molar-refractivity contribution in [2.24, 2.45) is 11.8 Å². The summed E-state index contributed by atoms with van der Waals surface area (Å²) in [6.45, 7) is 5.42. The summed E-state index contributed by atoms with van der Waals surface area (Å²) in [5, 5.41) is 0. The Morgan fingerprint density at radius 1 is 1.00 bits per heavy atom. The second-order valence-electron chi connectivity index (χ2n) is 7.41. The van der Waals surface area contributed by atoms with Crippen LogP contribution in [0.5, 0.6) is 0 Å². The molecule has 2 atom stereocenters. The van der Waals surface area contributed by atoms with Crippen LogP contribution in [-0.2, 0) is 0 Å². The minimum absolute atomic E-state index is 0.0209. The van der Waals surface area contributed by atoms with Gasteiger partial charge in [-0.1, -0.05) is 12.1 Å². The molecule has 0 bridgehead atoms. The second-order valence-corrected chi connectivity index (χ2v) is 7.41. The fourth-order valence-electron chi connectivity index (χ4n) is 4.28. The van der Waals surface area contributed by atoms with Gasteiger partial charge in [-0.25, -0.2) is 15.0 Å². The molecule has 0 radical (unpaired) electrons. The van der Waals surface area contributed by atoms with Crippen LogP contribution in [-0.4, -0.2) is 56.9 Å². The predicted octanol–water partition coefficient (Wildman–Crippen LogP) is 1.94. The Morgan fingerprint density at radius 3 is 2.48 bits per heavy atom. The summed E-state index contributed by atoms with van der Waals surface area (Å²) in [6.07, 6.45) is 5.05. The smallest absolute Gasteiger partial charge is 0.274 e. The van der Waals surface area contributed by atoms with E-state index in [-0.39, 0.29) is 5.91 Å². The first kappa shape index (κ1) is 16.1. The van der Waals surface area contributed by atoms with Crippen LogP contribution in [0.4, 0.5) is 5.82 Å². The molecule has 2 fully saturated rings. The molecule has 27 heavy (non-hydrogen) atoms. The lowest BCUT2D eigenvalue weighted by molar-refractivity contribution is 0.0776. The van der Waals surface area contributed by atoms with Crippen LogP contribution in [0.15, 0.2) is 43.0 Å². The molecule has 0 aliphatic carbocycles. The number of anilines is 1. The highest BCUT2D eigenvalue weighted by Gasteiger charge is 2.42. The van der Waals surface area contributed by atoms with E-state index in [0.29, 0.717) is 17.5 Å². The Bertz CT molecular complexity index is 1010. The van der Waals surface area contributed by atoms with Crippen molar-refractivity contribution in [1.82, 2.24) is 24.8 Å². The van der Waals surface area contributed by atoms with Crippen molar-refractivity contribution in [2.75, 3.05) is 31.1 Å². The van der Waals surface area contributed by atoms with Gasteiger partial charge in [0.2, 0.25) is 0 Å². The Hall–Kier alpha value is -3.09. The molecule has 1 amide bonds. The number of aryl methyl sites for hydroxylation is 1. The average molecular weight is 360 g/mol. The van der Waals surface area contributed by atoms with E-state index in [1.165, 1.54) is 0 Å². The number of amides is 1. The van der Waals surface area contributed by atoms with Crippen LogP contribution >= 0.6 is 0 Å². The molecular formula is C20H20N6O. The normalized spacial score (nSPS) is 21.7. The van der Waals surface area contributed by atoms with Crippen molar-refractivity contribution in [3.8, 4) is 0 Å². The zero-order chi connectivity index (χ0) is 18.4. The first-order chi connectivity index (χ1) is 13.2. The molecule has 5 rings (SSSR count). The van der Waals surface area contributed by atoms with Crippen LogP contribution < -0.4 is 4.90 Å². The van der Waals surface area contributed by atoms with Gasteiger partial charge in [-0.05, 0) is 19.1 Å². The maximum atomic E-state index is 12.9. The predicted molar refractivity (Wildman–Crippen MR) is 101 cm³/mol. The molecule has 3 aromatic rings. The lowest BCUT2D eigenvalue weighted by Crippen LogP contribution is -2.34. The Balaban J connectivity index is 1.31. The van der Waals surface area contributed by atoms with Crippen LogP contribution in [0.25, 0.3) is 11.0 Å². The lowest BCUT2D eigenvalue weighted by Gasteiger charge is -2.23. The molecule has 2 aromatic heterocycles. The number of carbonyl (C=O) groups excluding carboxylic acids is 1. The highest BCUT2D eigenvalue weighted by molar-refractivity contribution is 5.94. The van der Waals surface area contributed by atoms with Gasteiger partial charge in [-0.2, -0.15) is 0 Å². The van der Waals surface area contributed by atoms with Crippen molar-refractivity contribution in [2.45, 2.75) is 6.92 Å². The standard InChI is InChI=1S/C20H20N6O/c1-13-6-21-12-23-19(13)25-8-14-10-26(11-15(14)9-25)20(27)18-7-22-16-4-2-3-5-17(16)24-18/h2-7,12,14-15H,8-11H2,1H3. The average Bonchev–Trinajstić information content (AvgIpc) is 3.26. The summed E-state index contributed by atoms with van der Waals surface area (Å²) in [5.41, 5.74) is 3.09. The van der Waals surface area contributed by atoms with Gasteiger partial charge in [-0.15, -0.1) is 0 Å². The van der Waals surface area contributed by atoms with E-state index in [0.717, 1.165) is 48.6 Å². The minimum Gasteiger partial charge on any atom is -0.356 e. The number of likely N-dealkylation sites (tertiary alicyclic amines) is 1. The van der Waals surface area contributed by atoms with E-state index >= 15 is 0 Å². The van der Waals surface area contributed by atoms with Crippen LogP contribution in [0, 0.1) is 18.8 Å². The van der Waals surface area contributed by atoms with Gasteiger partial charge in [0.25, 0.3) is 5.91 Å². The van der Waals surface area contributed by atoms with Crippen LogP contribution in [0.2, 0.25) is 0 Å². The number of carbonyl (C=O) groups is 1. The van der Waals surface area contributed by atoms with E-state index in [9.17, 15) is 4.79 Å². The van der Waals surface area contributed by atoms with Gasteiger partial charge >= 0.3 is 0 Å².